The molecule has 1 aliphatic rings. The smallest absolute Gasteiger partial charge is 0.234 e. The molecule has 1 aromatic heterocycles. The number of rotatable bonds is 6. The molecule has 0 unspecified atom stereocenters. The third-order valence-electron chi connectivity index (χ3n) is 5.26. The fraction of sp³-hybridized carbons (Fsp3) is 0.320. The monoisotopic (exact) mass is 449 g/mol. The highest BCUT2D eigenvalue weighted by atomic mass is 32.2. The lowest BCUT2D eigenvalue weighted by Gasteiger charge is -2.32. The number of aryl methyl sites for hydroxylation is 1. The molecule has 0 fully saturated rings. The highest BCUT2D eigenvalue weighted by Crippen LogP contribution is 2.34. The number of nitrogens with one attached hydrogen (secondary N) is 1. The predicted octanol–water partition coefficient (Wildman–Crippen LogP) is 5.04. The highest BCUT2D eigenvalue weighted by molar-refractivity contribution is 8.00. The molecule has 6 nitrogen and oxygen atoms in total. The molecule has 7 heteroatoms. The number of amides is 1. The zero-order chi connectivity index (χ0) is 22.7. The Labute approximate surface area is 192 Å². The van der Waals surface area contributed by atoms with E-state index >= 15 is 0 Å². The maximum Gasteiger partial charge on any atom is 0.234 e. The van der Waals surface area contributed by atoms with Gasteiger partial charge in [-0.1, -0.05) is 41.6 Å². The number of aromatic nitrogens is 2. The van der Waals surface area contributed by atoms with Crippen molar-refractivity contribution in [1.82, 2.24) is 9.97 Å². The number of thioether (sulfide) groups is 1. The summed E-state index contributed by atoms with van der Waals surface area (Å²) in [6.07, 6.45) is 0.685. The van der Waals surface area contributed by atoms with E-state index in [9.17, 15) is 4.79 Å². The Morgan fingerprint density at radius 1 is 1.19 bits per heavy atom. The zero-order valence-electron chi connectivity index (χ0n) is 18.8. The van der Waals surface area contributed by atoms with Crippen molar-refractivity contribution < 1.29 is 14.3 Å². The first kappa shape index (κ1) is 22.3. The van der Waals surface area contributed by atoms with Crippen molar-refractivity contribution in [3.8, 4) is 17.1 Å². The Kier molecular flexibility index (Phi) is 6.48. The summed E-state index contributed by atoms with van der Waals surface area (Å²) in [6.45, 7) is 6.57. The van der Waals surface area contributed by atoms with Gasteiger partial charge in [-0.3, -0.25) is 4.79 Å². The third kappa shape index (κ3) is 5.29. The molecule has 0 bridgehead atoms. The fourth-order valence-corrected chi connectivity index (χ4v) is 4.34. The van der Waals surface area contributed by atoms with E-state index in [4.69, 9.17) is 19.4 Å². The van der Waals surface area contributed by atoms with Crippen LogP contribution in [0, 0.1) is 6.92 Å². The normalized spacial score (nSPS) is 14.5. The van der Waals surface area contributed by atoms with Crippen molar-refractivity contribution in [2.45, 2.75) is 44.4 Å². The lowest BCUT2D eigenvalue weighted by Crippen LogP contribution is -2.33. The number of ether oxygens (including phenoxy) is 2. The molecule has 0 aliphatic carbocycles. The molecule has 3 aromatic rings. The molecular formula is C25H27N3O3S. The molecule has 166 valence electrons. The van der Waals surface area contributed by atoms with Gasteiger partial charge in [-0.05, 0) is 45.0 Å². The number of fused-ring (bicyclic) bond motifs is 1. The van der Waals surface area contributed by atoms with Crippen LogP contribution in [0.5, 0.6) is 5.75 Å². The molecule has 0 spiro atoms. The molecule has 32 heavy (non-hydrogen) atoms. The van der Waals surface area contributed by atoms with Crippen LogP contribution >= 0.6 is 11.8 Å². The molecule has 0 atom stereocenters. The van der Waals surface area contributed by atoms with Gasteiger partial charge in [0.2, 0.25) is 5.91 Å². The number of hydrogen-bond acceptors (Lipinski definition) is 6. The van der Waals surface area contributed by atoms with Gasteiger partial charge < -0.3 is 14.8 Å². The van der Waals surface area contributed by atoms with Crippen LogP contribution in [-0.2, 0) is 22.6 Å². The van der Waals surface area contributed by atoms with Crippen molar-refractivity contribution in [2.75, 3.05) is 18.2 Å². The van der Waals surface area contributed by atoms with Gasteiger partial charge in [0.1, 0.15) is 10.8 Å². The quantitative estimate of drug-likeness (QED) is 0.420. The molecule has 2 aromatic carbocycles. The SMILES string of the molecule is COc1cccc(-c2nc3c(c(SCC(=O)Nc4ccc(C)cc4)n2)COC(C)(C)C3)c1. The average Bonchev–Trinajstić information content (AvgIpc) is 2.78. The Bertz CT molecular complexity index is 1130. The van der Waals surface area contributed by atoms with Crippen molar-refractivity contribution in [1.29, 1.82) is 0 Å². The van der Waals surface area contributed by atoms with Gasteiger partial charge in [0.05, 0.1) is 30.8 Å². The second-order valence-electron chi connectivity index (χ2n) is 8.44. The van der Waals surface area contributed by atoms with E-state index < -0.39 is 0 Å². The minimum atomic E-state index is -0.294. The van der Waals surface area contributed by atoms with Gasteiger partial charge in [0.15, 0.2) is 5.82 Å². The highest BCUT2D eigenvalue weighted by Gasteiger charge is 2.30. The van der Waals surface area contributed by atoms with Crippen LogP contribution in [0.15, 0.2) is 53.6 Å². The Morgan fingerprint density at radius 2 is 1.97 bits per heavy atom. The lowest BCUT2D eigenvalue weighted by molar-refractivity contribution is -0.113. The number of carbonyl (C=O) groups is 1. The van der Waals surface area contributed by atoms with Gasteiger partial charge >= 0.3 is 0 Å². The summed E-state index contributed by atoms with van der Waals surface area (Å²) in [4.78, 5) is 22.2. The number of hydrogen-bond donors (Lipinski definition) is 1. The summed E-state index contributed by atoms with van der Waals surface area (Å²) >= 11 is 1.41. The second-order valence-corrected chi connectivity index (χ2v) is 9.40. The van der Waals surface area contributed by atoms with E-state index in [-0.39, 0.29) is 17.3 Å². The number of methoxy groups -OCH3 is 1. The topological polar surface area (TPSA) is 73.3 Å². The molecule has 0 saturated heterocycles. The zero-order valence-corrected chi connectivity index (χ0v) is 19.6. The van der Waals surface area contributed by atoms with Gasteiger partial charge in [-0.2, -0.15) is 0 Å². The van der Waals surface area contributed by atoms with Crippen molar-refractivity contribution >= 4 is 23.4 Å². The molecular weight excluding hydrogens is 422 g/mol. The van der Waals surface area contributed by atoms with E-state index in [1.165, 1.54) is 11.8 Å². The van der Waals surface area contributed by atoms with Crippen LogP contribution < -0.4 is 10.1 Å². The maximum absolute atomic E-state index is 12.6. The van der Waals surface area contributed by atoms with Gasteiger partial charge in [-0.15, -0.1) is 0 Å². The van der Waals surface area contributed by atoms with Crippen LogP contribution in [-0.4, -0.2) is 34.3 Å². The van der Waals surface area contributed by atoms with Crippen LogP contribution in [0.4, 0.5) is 5.69 Å². The predicted molar refractivity (Wildman–Crippen MR) is 127 cm³/mol. The molecule has 1 N–H and O–H groups in total. The molecule has 2 heterocycles. The average molecular weight is 450 g/mol. The summed E-state index contributed by atoms with van der Waals surface area (Å²) in [5.41, 5.74) is 4.45. The number of anilines is 1. The first-order chi connectivity index (χ1) is 15.3. The van der Waals surface area contributed by atoms with Crippen molar-refractivity contribution in [3.63, 3.8) is 0 Å². The summed E-state index contributed by atoms with van der Waals surface area (Å²) in [6, 6.07) is 15.5. The fourth-order valence-electron chi connectivity index (χ4n) is 3.50. The molecule has 4 rings (SSSR count). The lowest BCUT2D eigenvalue weighted by atomic mass is 9.96. The van der Waals surface area contributed by atoms with Crippen molar-refractivity contribution in [2.24, 2.45) is 0 Å². The van der Waals surface area contributed by atoms with Crippen LogP contribution in [0.2, 0.25) is 0 Å². The number of carbonyl (C=O) groups excluding carboxylic acids is 1. The van der Waals surface area contributed by atoms with Crippen LogP contribution in [0.25, 0.3) is 11.4 Å². The first-order valence-corrected chi connectivity index (χ1v) is 11.5. The Balaban J connectivity index is 1.59. The summed E-state index contributed by atoms with van der Waals surface area (Å²) in [5.74, 6) is 1.55. The molecule has 1 aliphatic heterocycles. The van der Waals surface area contributed by atoms with Gasteiger partial charge in [0.25, 0.3) is 0 Å². The Hall–Kier alpha value is -2.90. The molecule has 0 radical (unpaired) electrons. The van der Waals surface area contributed by atoms with E-state index in [2.05, 4.69) is 19.2 Å². The maximum atomic E-state index is 12.6. The van der Waals surface area contributed by atoms with E-state index in [1.54, 1.807) is 7.11 Å². The number of benzene rings is 2. The summed E-state index contributed by atoms with van der Waals surface area (Å²) < 4.78 is 11.4. The number of nitrogens with zero attached hydrogens (tertiary/aromatic N) is 2. The van der Waals surface area contributed by atoms with Crippen molar-refractivity contribution in [3.05, 3.63) is 65.4 Å². The molecule has 1 amide bonds. The summed E-state index contributed by atoms with van der Waals surface area (Å²) in [7, 11) is 1.64. The standard InChI is InChI=1S/C25H27N3O3S/c1-16-8-10-18(11-9-16)26-22(29)15-32-24-20-14-31-25(2,3)13-21(20)27-23(28-24)17-6-5-7-19(12-17)30-4/h5-12H,13-15H2,1-4H3,(H,26,29). The molecule has 0 saturated carbocycles. The largest absolute Gasteiger partial charge is 0.497 e. The Morgan fingerprint density at radius 3 is 2.72 bits per heavy atom. The van der Waals surface area contributed by atoms with E-state index in [0.29, 0.717) is 18.9 Å². The third-order valence-corrected chi connectivity index (χ3v) is 6.28. The van der Waals surface area contributed by atoms with Gasteiger partial charge in [-0.25, -0.2) is 9.97 Å². The van der Waals surface area contributed by atoms with Gasteiger partial charge in [0, 0.05) is 23.2 Å². The second kappa shape index (κ2) is 9.30. The first-order valence-electron chi connectivity index (χ1n) is 10.5. The minimum Gasteiger partial charge on any atom is -0.497 e. The summed E-state index contributed by atoms with van der Waals surface area (Å²) in [5, 5.41) is 3.72. The van der Waals surface area contributed by atoms with Crippen LogP contribution in [0.3, 0.4) is 0 Å². The van der Waals surface area contributed by atoms with E-state index in [1.807, 2.05) is 55.5 Å². The van der Waals surface area contributed by atoms with E-state index in [0.717, 1.165) is 38.8 Å². The van der Waals surface area contributed by atoms with Crippen LogP contribution in [0.1, 0.15) is 30.7 Å². The minimum absolute atomic E-state index is 0.0776.